The van der Waals surface area contributed by atoms with E-state index >= 15 is 0 Å². The molecule has 3 rings (SSSR count). The Labute approximate surface area is 238 Å². The van der Waals surface area contributed by atoms with Crippen LogP contribution in [0.5, 0.6) is 11.5 Å². The zero-order valence-corrected chi connectivity index (χ0v) is 25.0. The van der Waals surface area contributed by atoms with Crippen LogP contribution in [0, 0.1) is 0 Å². The molecule has 2 N–H and O–H groups in total. The molecular formula is C31H44N4O5. The molecule has 0 bridgehead atoms. The highest BCUT2D eigenvalue weighted by Crippen LogP contribution is 2.35. The summed E-state index contributed by atoms with van der Waals surface area (Å²) in [4.78, 5) is 42.0. The zero-order valence-electron chi connectivity index (χ0n) is 25.0. The summed E-state index contributed by atoms with van der Waals surface area (Å²) in [6.45, 7) is 17.0. The topological polar surface area (TPSA) is 100 Å². The minimum Gasteiger partial charge on any atom is -0.457 e. The quantitative estimate of drug-likeness (QED) is 0.426. The number of nitrogens with one attached hydrogen (secondary N) is 2. The molecule has 0 saturated heterocycles. The molecule has 1 heterocycles. The summed E-state index contributed by atoms with van der Waals surface area (Å²) in [7, 11) is 0. The lowest BCUT2D eigenvalue weighted by Crippen LogP contribution is -2.50. The highest BCUT2D eigenvalue weighted by Gasteiger charge is 2.38. The number of rotatable bonds is 9. The Hall–Kier alpha value is -3.59. The van der Waals surface area contributed by atoms with Gasteiger partial charge in [-0.2, -0.15) is 0 Å². The number of hydrogen-bond donors (Lipinski definition) is 2. The fourth-order valence-electron chi connectivity index (χ4n) is 4.96. The normalized spacial score (nSPS) is 15.2. The standard InChI is InChI=1S/C31H44N4O5/c1-20(2)34(21(3)4)17-15-32-29(37)28-27-13-12-26(39-25-11-9-10-24(19-25)33-22(5)36)18-23(27)14-16-35(28)30(38)40-31(6,7)8/h9-13,18-21,28H,14-17H2,1-8H3,(H,32,37)(H,33,36). The fraction of sp³-hybridized carbons (Fsp3) is 0.516. The summed E-state index contributed by atoms with van der Waals surface area (Å²) >= 11 is 0. The Kier molecular flexibility index (Phi) is 10.2. The molecule has 1 atom stereocenters. The Bertz CT molecular complexity index is 1200. The molecule has 40 heavy (non-hydrogen) atoms. The van der Waals surface area contributed by atoms with Crippen molar-refractivity contribution in [1.29, 1.82) is 0 Å². The van der Waals surface area contributed by atoms with Crippen molar-refractivity contribution < 1.29 is 23.9 Å². The molecule has 0 fully saturated rings. The second-order valence-electron chi connectivity index (χ2n) is 11.7. The molecule has 1 aliphatic rings. The minimum atomic E-state index is -0.817. The monoisotopic (exact) mass is 552 g/mol. The van der Waals surface area contributed by atoms with Crippen LogP contribution in [-0.4, -0.2) is 65.0 Å². The summed E-state index contributed by atoms with van der Waals surface area (Å²) in [5, 5.41) is 5.81. The third kappa shape index (κ3) is 8.45. The van der Waals surface area contributed by atoms with Gasteiger partial charge >= 0.3 is 6.09 Å². The van der Waals surface area contributed by atoms with Crippen LogP contribution in [-0.2, 0) is 20.7 Å². The molecule has 9 heteroatoms. The third-order valence-corrected chi connectivity index (χ3v) is 6.61. The molecule has 2 aromatic carbocycles. The number of ether oxygens (including phenoxy) is 2. The molecule has 1 aliphatic heterocycles. The van der Waals surface area contributed by atoms with E-state index < -0.39 is 17.7 Å². The fourth-order valence-corrected chi connectivity index (χ4v) is 4.96. The van der Waals surface area contributed by atoms with Crippen LogP contribution in [0.3, 0.4) is 0 Å². The summed E-state index contributed by atoms with van der Waals surface area (Å²) in [6, 6.07) is 12.6. The average molecular weight is 553 g/mol. The van der Waals surface area contributed by atoms with Crippen LogP contribution in [0.4, 0.5) is 10.5 Å². The predicted molar refractivity (Wildman–Crippen MR) is 157 cm³/mol. The van der Waals surface area contributed by atoms with Crippen LogP contribution >= 0.6 is 0 Å². The maximum absolute atomic E-state index is 13.6. The first-order valence-electron chi connectivity index (χ1n) is 14.0. The molecule has 1 unspecified atom stereocenters. The van der Waals surface area contributed by atoms with Crippen molar-refractivity contribution in [2.24, 2.45) is 0 Å². The number of hydrogen-bond acceptors (Lipinski definition) is 6. The van der Waals surface area contributed by atoms with E-state index in [1.54, 1.807) is 24.3 Å². The number of carbonyl (C=O) groups is 3. The maximum Gasteiger partial charge on any atom is 0.411 e. The van der Waals surface area contributed by atoms with Gasteiger partial charge in [-0.05, 0) is 90.3 Å². The largest absolute Gasteiger partial charge is 0.457 e. The smallest absolute Gasteiger partial charge is 0.411 e. The van der Waals surface area contributed by atoms with E-state index in [2.05, 4.69) is 43.2 Å². The SMILES string of the molecule is CC(=O)Nc1cccc(Oc2ccc3c(c2)CCN(C(=O)OC(C)(C)C)C3C(=O)NCCN(C(C)C)C(C)C)c1. The summed E-state index contributed by atoms with van der Waals surface area (Å²) in [5.74, 6) is 0.779. The van der Waals surface area contributed by atoms with Crippen LogP contribution in [0.15, 0.2) is 42.5 Å². The number of fused-ring (bicyclic) bond motifs is 1. The molecule has 0 aromatic heterocycles. The lowest BCUT2D eigenvalue weighted by atomic mass is 9.92. The molecule has 3 amide bonds. The zero-order chi connectivity index (χ0) is 29.6. The number of benzene rings is 2. The van der Waals surface area contributed by atoms with Crippen LogP contribution in [0.25, 0.3) is 0 Å². The van der Waals surface area contributed by atoms with Gasteiger partial charge in [0.15, 0.2) is 0 Å². The van der Waals surface area contributed by atoms with Gasteiger partial charge in [-0.25, -0.2) is 4.79 Å². The van der Waals surface area contributed by atoms with Crippen LogP contribution in [0.2, 0.25) is 0 Å². The first kappa shape index (κ1) is 30.9. The van der Waals surface area contributed by atoms with Gasteiger partial charge in [0.1, 0.15) is 23.1 Å². The number of anilines is 1. The summed E-state index contributed by atoms with van der Waals surface area (Å²) < 4.78 is 11.7. The number of carbonyl (C=O) groups excluding carboxylic acids is 3. The molecular weight excluding hydrogens is 508 g/mol. The Morgan fingerprint density at radius 3 is 2.33 bits per heavy atom. The Morgan fingerprint density at radius 2 is 1.70 bits per heavy atom. The van der Waals surface area contributed by atoms with Gasteiger partial charge in [-0.1, -0.05) is 12.1 Å². The van der Waals surface area contributed by atoms with Crippen molar-refractivity contribution >= 4 is 23.6 Å². The summed E-state index contributed by atoms with van der Waals surface area (Å²) in [5.41, 5.74) is 1.64. The van der Waals surface area contributed by atoms with E-state index in [1.165, 1.54) is 11.8 Å². The van der Waals surface area contributed by atoms with Crippen molar-refractivity contribution in [2.75, 3.05) is 25.0 Å². The van der Waals surface area contributed by atoms with Crippen LogP contribution in [0.1, 0.15) is 72.6 Å². The lowest BCUT2D eigenvalue weighted by Gasteiger charge is -2.37. The first-order valence-corrected chi connectivity index (χ1v) is 14.0. The van der Waals surface area contributed by atoms with E-state index in [9.17, 15) is 14.4 Å². The van der Waals surface area contributed by atoms with Crippen molar-refractivity contribution in [2.45, 2.75) is 85.5 Å². The molecule has 9 nitrogen and oxygen atoms in total. The van der Waals surface area contributed by atoms with Crippen LogP contribution < -0.4 is 15.4 Å². The lowest BCUT2D eigenvalue weighted by molar-refractivity contribution is -0.127. The van der Waals surface area contributed by atoms with Crippen molar-refractivity contribution in [3.8, 4) is 11.5 Å². The first-order chi connectivity index (χ1) is 18.7. The van der Waals surface area contributed by atoms with E-state index in [0.29, 0.717) is 55.3 Å². The van der Waals surface area contributed by atoms with Gasteiger partial charge in [0.05, 0.1) is 0 Å². The van der Waals surface area contributed by atoms with Crippen molar-refractivity contribution in [3.05, 3.63) is 53.6 Å². The van der Waals surface area contributed by atoms with E-state index in [-0.39, 0.29) is 11.8 Å². The Balaban J connectivity index is 1.84. The van der Waals surface area contributed by atoms with E-state index in [1.807, 2.05) is 39.0 Å². The highest BCUT2D eigenvalue weighted by molar-refractivity contribution is 5.89. The number of nitrogens with zero attached hydrogens (tertiary/aromatic N) is 2. The molecule has 218 valence electrons. The second kappa shape index (κ2) is 13.2. The van der Waals surface area contributed by atoms with Gasteiger partial charge in [0.25, 0.3) is 0 Å². The minimum absolute atomic E-state index is 0.161. The second-order valence-corrected chi connectivity index (χ2v) is 11.7. The van der Waals surface area contributed by atoms with Gasteiger partial charge in [0.2, 0.25) is 11.8 Å². The van der Waals surface area contributed by atoms with Gasteiger partial charge in [0, 0.05) is 50.4 Å². The average Bonchev–Trinajstić information content (AvgIpc) is 2.84. The van der Waals surface area contributed by atoms with E-state index in [0.717, 1.165) is 11.1 Å². The summed E-state index contributed by atoms with van der Waals surface area (Å²) in [6.07, 6.45) is 0.0371. The number of amides is 3. The van der Waals surface area contributed by atoms with Gasteiger partial charge in [-0.3, -0.25) is 19.4 Å². The third-order valence-electron chi connectivity index (χ3n) is 6.61. The van der Waals surface area contributed by atoms with E-state index in [4.69, 9.17) is 9.47 Å². The maximum atomic E-state index is 13.6. The van der Waals surface area contributed by atoms with Gasteiger partial charge < -0.3 is 20.1 Å². The molecule has 0 radical (unpaired) electrons. The van der Waals surface area contributed by atoms with Gasteiger partial charge in [-0.15, -0.1) is 0 Å². The molecule has 0 saturated carbocycles. The molecule has 0 spiro atoms. The van der Waals surface area contributed by atoms with Crippen molar-refractivity contribution in [3.63, 3.8) is 0 Å². The molecule has 2 aromatic rings. The molecule has 0 aliphatic carbocycles. The predicted octanol–water partition coefficient (Wildman–Crippen LogP) is 5.51. The highest BCUT2D eigenvalue weighted by atomic mass is 16.6. The Morgan fingerprint density at radius 1 is 1.02 bits per heavy atom. The van der Waals surface area contributed by atoms with Crippen molar-refractivity contribution in [1.82, 2.24) is 15.1 Å².